The fourth-order valence-electron chi connectivity index (χ4n) is 1.98. The van der Waals surface area contributed by atoms with Gasteiger partial charge >= 0.3 is 0 Å². The van der Waals surface area contributed by atoms with E-state index in [1.807, 2.05) is 0 Å². The van der Waals surface area contributed by atoms with Crippen LogP contribution in [0.25, 0.3) is 0 Å². The van der Waals surface area contributed by atoms with Crippen LogP contribution in [0.4, 0.5) is 8.78 Å². The summed E-state index contributed by atoms with van der Waals surface area (Å²) in [4.78, 5) is 11.9. The Morgan fingerprint density at radius 2 is 2.19 bits per heavy atom. The van der Waals surface area contributed by atoms with Crippen molar-refractivity contribution >= 4 is 5.78 Å². The summed E-state index contributed by atoms with van der Waals surface area (Å²) in [5, 5.41) is 3.10. The second-order valence-electron chi connectivity index (χ2n) is 4.03. The fraction of sp³-hybridized carbons (Fsp3) is 0.417. The number of piperidine rings is 1. The first-order valence-electron chi connectivity index (χ1n) is 5.38. The first kappa shape index (κ1) is 11.2. The van der Waals surface area contributed by atoms with Gasteiger partial charge in [0.15, 0.2) is 5.78 Å². The third kappa shape index (κ3) is 2.27. The molecule has 16 heavy (non-hydrogen) atoms. The second-order valence-corrected chi connectivity index (χ2v) is 4.03. The maximum absolute atomic E-state index is 13.4. The number of Topliss-reactive ketones (excluding diaryl/α,β-unsaturated/α-hetero) is 1. The van der Waals surface area contributed by atoms with Gasteiger partial charge in [-0.25, -0.2) is 8.78 Å². The molecule has 1 atom stereocenters. The van der Waals surface area contributed by atoms with Crippen molar-refractivity contribution in [3.8, 4) is 0 Å². The third-order valence-electron chi connectivity index (χ3n) is 2.86. The molecule has 0 aliphatic carbocycles. The summed E-state index contributed by atoms with van der Waals surface area (Å²) in [5.74, 6) is -1.84. The Balaban J connectivity index is 2.19. The predicted octanol–water partition coefficient (Wildman–Crippen LogP) is 2.15. The van der Waals surface area contributed by atoms with E-state index in [1.54, 1.807) is 0 Å². The molecule has 0 amide bonds. The van der Waals surface area contributed by atoms with E-state index in [9.17, 15) is 13.6 Å². The standard InChI is InChI=1S/C12H13F2NO/c13-9-3-4-10(11(14)6-9)12(16)8-2-1-5-15-7-8/h3-4,6,8,15H,1-2,5,7H2. The molecule has 1 heterocycles. The van der Waals surface area contributed by atoms with Crippen LogP contribution in [0, 0.1) is 17.6 Å². The number of rotatable bonds is 2. The topological polar surface area (TPSA) is 29.1 Å². The molecular weight excluding hydrogens is 212 g/mol. The molecule has 1 aromatic carbocycles. The molecular formula is C12H13F2NO. The molecule has 2 nitrogen and oxygen atoms in total. The Morgan fingerprint density at radius 3 is 2.81 bits per heavy atom. The Morgan fingerprint density at radius 1 is 1.38 bits per heavy atom. The van der Waals surface area contributed by atoms with Gasteiger partial charge in [-0.3, -0.25) is 4.79 Å². The van der Waals surface area contributed by atoms with Gasteiger partial charge in [0.05, 0.1) is 5.56 Å². The minimum Gasteiger partial charge on any atom is -0.316 e. The predicted molar refractivity (Wildman–Crippen MR) is 56.3 cm³/mol. The van der Waals surface area contributed by atoms with Crippen LogP contribution in [0.5, 0.6) is 0 Å². The lowest BCUT2D eigenvalue weighted by Crippen LogP contribution is -2.34. The molecule has 1 unspecified atom stereocenters. The Labute approximate surface area is 92.7 Å². The normalized spacial score (nSPS) is 20.8. The van der Waals surface area contributed by atoms with E-state index < -0.39 is 11.6 Å². The summed E-state index contributed by atoms with van der Waals surface area (Å²) >= 11 is 0. The molecule has 0 spiro atoms. The van der Waals surface area contributed by atoms with Crippen molar-refractivity contribution in [2.75, 3.05) is 13.1 Å². The molecule has 1 N–H and O–H groups in total. The van der Waals surface area contributed by atoms with Crippen molar-refractivity contribution in [3.63, 3.8) is 0 Å². The van der Waals surface area contributed by atoms with Crippen LogP contribution < -0.4 is 5.32 Å². The van der Waals surface area contributed by atoms with Gasteiger partial charge in [-0.2, -0.15) is 0 Å². The second kappa shape index (κ2) is 4.70. The lowest BCUT2D eigenvalue weighted by Gasteiger charge is -2.21. The minimum absolute atomic E-state index is 0.00454. The van der Waals surface area contributed by atoms with Crippen LogP contribution in [0.3, 0.4) is 0 Å². The highest BCUT2D eigenvalue weighted by Gasteiger charge is 2.24. The van der Waals surface area contributed by atoms with Crippen molar-refractivity contribution in [2.45, 2.75) is 12.8 Å². The van der Waals surface area contributed by atoms with Gasteiger partial charge in [0.2, 0.25) is 0 Å². The fourth-order valence-corrected chi connectivity index (χ4v) is 1.98. The monoisotopic (exact) mass is 225 g/mol. The van der Waals surface area contributed by atoms with E-state index in [0.29, 0.717) is 6.54 Å². The number of hydrogen-bond acceptors (Lipinski definition) is 2. The first-order valence-corrected chi connectivity index (χ1v) is 5.38. The summed E-state index contributed by atoms with van der Waals surface area (Å²) in [6, 6.07) is 3.09. The van der Waals surface area contributed by atoms with Gasteiger partial charge < -0.3 is 5.32 Å². The smallest absolute Gasteiger partial charge is 0.170 e. The Bertz CT molecular complexity index is 400. The molecule has 0 saturated carbocycles. The van der Waals surface area contributed by atoms with Crippen molar-refractivity contribution in [3.05, 3.63) is 35.4 Å². The average Bonchev–Trinajstić information content (AvgIpc) is 2.29. The van der Waals surface area contributed by atoms with Crippen molar-refractivity contribution in [1.82, 2.24) is 5.32 Å². The zero-order valence-electron chi connectivity index (χ0n) is 8.80. The van der Waals surface area contributed by atoms with Crippen LogP contribution in [0.1, 0.15) is 23.2 Å². The summed E-state index contributed by atoms with van der Waals surface area (Å²) in [5.41, 5.74) is -0.00454. The lowest BCUT2D eigenvalue weighted by molar-refractivity contribution is 0.0895. The van der Waals surface area contributed by atoms with Gasteiger partial charge in [-0.05, 0) is 31.5 Å². The number of benzene rings is 1. The Hall–Kier alpha value is -1.29. The highest BCUT2D eigenvalue weighted by Crippen LogP contribution is 2.19. The third-order valence-corrected chi connectivity index (χ3v) is 2.86. The van der Waals surface area contributed by atoms with E-state index in [0.717, 1.165) is 31.5 Å². The number of halogens is 2. The van der Waals surface area contributed by atoms with Crippen LogP contribution in [-0.2, 0) is 0 Å². The molecule has 4 heteroatoms. The largest absolute Gasteiger partial charge is 0.316 e. The summed E-state index contributed by atoms with van der Waals surface area (Å²) in [7, 11) is 0. The molecule has 1 aromatic rings. The molecule has 0 radical (unpaired) electrons. The zero-order chi connectivity index (χ0) is 11.5. The minimum atomic E-state index is -0.768. The van der Waals surface area contributed by atoms with Gasteiger partial charge in [-0.15, -0.1) is 0 Å². The molecule has 1 saturated heterocycles. The molecule has 86 valence electrons. The SMILES string of the molecule is O=C(c1ccc(F)cc1F)C1CCCNC1. The van der Waals surface area contributed by atoms with E-state index >= 15 is 0 Å². The van der Waals surface area contributed by atoms with Crippen LogP contribution in [-0.4, -0.2) is 18.9 Å². The van der Waals surface area contributed by atoms with Crippen molar-refractivity contribution in [2.24, 2.45) is 5.92 Å². The molecule has 1 aliphatic rings. The average molecular weight is 225 g/mol. The van der Waals surface area contributed by atoms with Crippen LogP contribution >= 0.6 is 0 Å². The van der Waals surface area contributed by atoms with Gasteiger partial charge in [0, 0.05) is 18.5 Å². The number of hydrogen-bond donors (Lipinski definition) is 1. The molecule has 1 aliphatic heterocycles. The van der Waals surface area contributed by atoms with Crippen LogP contribution in [0.15, 0.2) is 18.2 Å². The molecule has 1 fully saturated rings. The Kier molecular flexibility index (Phi) is 3.29. The molecule has 0 aromatic heterocycles. The van der Waals surface area contributed by atoms with E-state index in [2.05, 4.69) is 5.32 Å². The molecule has 2 rings (SSSR count). The highest BCUT2D eigenvalue weighted by atomic mass is 19.1. The zero-order valence-corrected chi connectivity index (χ0v) is 8.80. The quantitative estimate of drug-likeness (QED) is 0.781. The highest BCUT2D eigenvalue weighted by molar-refractivity contribution is 5.98. The lowest BCUT2D eigenvalue weighted by atomic mass is 9.91. The van der Waals surface area contributed by atoms with E-state index in [-0.39, 0.29) is 17.3 Å². The van der Waals surface area contributed by atoms with Gasteiger partial charge in [0.1, 0.15) is 11.6 Å². The molecule has 0 bridgehead atoms. The summed E-state index contributed by atoms with van der Waals surface area (Å²) in [6.07, 6.45) is 1.68. The van der Waals surface area contributed by atoms with E-state index in [4.69, 9.17) is 0 Å². The van der Waals surface area contributed by atoms with E-state index in [1.165, 1.54) is 6.07 Å². The van der Waals surface area contributed by atoms with Crippen molar-refractivity contribution < 1.29 is 13.6 Å². The maximum atomic E-state index is 13.4. The number of carbonyl (C=O) groups is 1. The number of nitrogens with one attached hydrogen (secondary N) is 1. The summed E-state index contributed by atoms with van der Waals surface area (Å²) < 4.78 is 26.1. The van der Waals surface area contributed by atoms with Gasteiger partial charge in [-0.1, -0.05) is 0 Å². The van der Waals surface area contributed by atoms with Gasteiger partial charge in [0.25, 0.3) is 0 Å². The number of carbonyl (C=O) groups excluding carboxylic acids is 1. The van der Waals surface area contributed by atoms with Crippen molar-refractivity contribution in [1.29, 1.82) is 0 Å². The first-order chi connectivity index (χ1) is 7.68. The summed E-state index contributed by atoms with van der Waals surface area (Å²) in [6.45, 7) is 1.48. The number of ketones is 1. The van der Waals surface area contributed by atoms with Crippen LogP contribution in [0.2, 0.25) is 0 Å². The maximum Gasteiger partial charge on any atom is 0.170 e.